The van der Waals surface area contributed by atoms with E-state index in [0.717, 1.165) is 0 Å². The molecule has 1 saturated carbocycles. The molecule has 4 rings (SSSR count). The summed E-state index contributed by atoms with van der Waals surface area (Å²) in [5.74, 6) is -0.607. The molecule has 0 aliphatic heterocycles. The van der Waals surface area contributed by atoms with E-state index >= 15 is 0 Å². The zero-order valence-electron chi connectivity index (χ0n) is 16.3. The first kappa shape index (κ1) is 20.8. The highest BCUT2D eigenvalue weighted by atomic mass is 19.4. The number of aliphatic hydroxyl groups excluding tert-OH is 1. The second-order valence-electron chi connectivity index (χ2n) is 7.16. The van der Waals surface area contributed by atoms with E-state index < -0.39 is 18.4 Å². The van der Waals surface area contributed by atoms with Crippen LogP contribution in [0, 0.1) is 0 Å². The van der Waals surface area contributed by atoms with Crippen LogP contribution in [0.25, 0.3) is 22.6 Å². The van der Waals surface area contributed by atoms with Gasteiger partial charge in [-0.1, -0.05) is 0 Å². The number of nitrogens with zero attached hydrogens (tertiary/aromatic N) is 4. The second kappa shape index (κ2) is 7.99. The smallest absolute Gasteiger partial charge is 0.406 e. The van der Waals surface area contributed by atoms with Crippen LogP contribution in [0.5, 0.6) is 5.75 Å². The molecule has 2 heterocycles. The van der Waals surface area contributed by atoms with E-state index in [9.17, 15) is 23.1 Å². The number of aliphatic hydroxyl groups is 1. The van der Waals surface area contributed by atoms with E-state index in [4.69, 9.17) is 0 Å². The van der Waals surface area contributed by atoms with Gasteiger partial charge in [0.15, 0.2) is 5.82 Å². The van der Waals surface area contributed by atoms with Crippen LogP contribution >= 0.6 is 0 Å². The van der Waals surface area contributed by atoms with Crippen LogP contribution < -0.4 is 10.1 Å². The van der Waals surface area contributed by atoms with Crippen LogP contribution in [-0.2, 0) is 7.05 Å². The van der Waals surface area contributed by atoms with Crippen molar-refractivity contribution in [2.24, 2.45) is 7.05 Å². The maximum atomic E-state index is 12.7. The molecule has 1 aliphatic carbocycles. The zero-order chi connectivity index (χ0) is 22.2. The highest BCUT2D eigenvalue weighted by molar-refractivity contribution is 5.94. The van der Waals surface area contributed by atoms with Gasteiger partial charge in [0.25, 0.3) is 5.91 Å². The number of halogens is 3. The Labute approximate surface area is 174 Å². The number of aromatic nitrogens is 4. The maximum absolute atomic E-state index is 12.7. The molecule has 0 saturated heterocycles. The lowest BCUT2D eigenvalue weighted by Gasteiger charge is -2.32. The normalized spacial score (nSPS) is 18.4. The van der Waals surface area contributed by atoms with E-state index in [1.54, 1.807) is 17.9 Å². The number of benzene rings is 1. The molecule has 2 N–H and O–H groups in total. The molecule has 11 heteroatoms. The topological polar surface area (TPSA) is 102 Å². The summed E-state index contributed by atoms with van der Waals surface area (Å²) >= 11 is 0. The lowest BCUT2D eigenvalue weighted by molar-refractivity contribution is -0.274. The van der Waals surface area contributed by atoms with Crippen LogP contribution in [0.1, 0.15) is 23.3 Å². The van der Waals surface area contributed by atoms with E-state index in [1.807, 2.05) is 0 Å². The predicted octanol–water partition coefficient (Wildman–Crippen LogP) is 2.70. The molecule has 1 fully saturated rings. The molecular formula is C20H18F3N5O3. The molecule has 0 unspecified atom stereocenters. The molecule has 0 bridgehead atoms. The van der Waals surface area contributed by atoms with Gasteiger partial charge >= 0.3 is 6.36 Å². The molecule has 3 aromatic rings. The molecule has 2 aromatic heterocycles. The summed E-state index contributed by atoms with van der Waals surface area (Å²) in [4.78, 5) is 21.5. The number of hydrogen-bond acceptors (Lipinski definition) is 6. The maximum Gasteiger partial charge on any atom is 0.573 e. The Hall–Kier alpha value is -3.47. The molecular weight excluding hydrogens is 415 g/mol. The molecule has 162 valence electrons. The van der Waals surface area contributed by atoms with Crippen LogP contribution in [0.15, 0.2) is 42.7 Å². The monoisotopic (exact) mass is 433 g/mol. The summed E-state index contributed by atoms with van der Waals surface area (Å²) in [6.07, 6.45) is -0.882. The summed E-state index contributed by atoms with van der Waals surface area (Å²) < 4.78 is 42.7. The van der Waals surface area contributed by atoms with Crippen molar-refractivity contribution in [3.63, 3.8) is 0 Å². The summed E-state index contributed by atoms with van der Waals surface area (Å²) in [7, 11) is 1.72. The molecule has 0 radical (unpaired) electrons. The number of carbonyl (C=O) groups is 1. The molecule has 1 amide bonds. The number of aryl methyl sites for hydroxylation is 1. The number of nitrogens with one attached hydrogen (secondary N) is 1. The van der Waals surface area contributed by atoms with Crippen LogP contribution in [-0.4, -0.2) is 49.3 Å². The van der Waals surface area contributed by atoms with Crippen molar-refractivity contribution in [3.8, 4) is 28.4 Å². The fraction of sp³-hybridized carbons (Fsp3) is 0.300. The SMILES string of the molecule is Cn1cc(-c2nc(C(=O)N[C@@H]3CC[C@@H]3O)cc(-c3ccc(OC(F)(F)F)cc3)n2)cn1. The van der Waals surface area contributed by atoms with E-state index in [2.05, 4.69) is 25.1 Å². The van der Waals surface area contributed by atoms with Crippen molar-refractivity contribution in [1.29, 1.82) is 0 Å². The van der Waals surface area contributed by atoms with Crippen molar-refractivity contribution in [3.05, 3.63) is 48.4 Å². The molecule has 2 atom stereocenters. The lowest BCUT2D eigenvalue weighted by Crippen LogP contribution is -2.50. The minimum absolute atomic E-state index is 0.0681. The highest BCUT2D eigenvalue weighted by Gasteiger charge is 2.32. The Morgan fingerprint density at radius 2 is 1.94 bits per heavy atom. The van der Waals surface area contributed by atoms with Gasteiger partial charge in [-0.05, 0) is 43.2 Å². The van der Waals surface area contributed by atoms with Crippen molar-refractivity contribution in [2.45, 2.75) is 31.3 Å². The van der Waals surface area contributed by atoms with Crippen molar-refractivity contribution >= 4 is 5.91 Å². The third-order valence-electron chi connectivity index (χ3n) is 4.86. The third kappa shape index (κ3) is 4.82. The number of amides is 1. The van der Waals surface area contributed by atoms with Crippen LogP contribution in [0.2, 0.25) is 0 Å². The fourth-order valence-corrected chi connectivity index (χ4v) is 3.10. The van der Waals surface area contributed by atoms with Gasteiger partial charge in [-0.2, -0.15) is 5.10 Å². The van der Waals surface area contributed by atoms with Crippen LogP contribution in [0.4, 0.5) is 13.2 Å². The summed E-state index contributed by atoms with van der Waals surface area (Å²) in [5, 5.41) is 16.5. The Bertz CT molecular complexity index is 1100. The zero-order valence-corrected chi connectivity index (χ0v) is 16.3. The lowest BCUT2D eigenvalue weighted by atomic mass is 9.89. The van der Waals surface area contributed by atoms with Gasteiger partial charge in [-0.15, -0.1) is 13.2 Å². The van der Waals surface area contributed by atoms with Crippen molar-refractivity contribution in [1.82, 2.24) is 25.1 Å². The quantitative estimate of drug-likeness (QED) is 0.642. The molecule has 31 heavy (non-hydrogen) atoms. The Kier molecular flexibility index (Phi) is 5.36. The van der Waals surface area contributed by atoms with Gasteiger partial charge in [-0.3, -0.25) is 9.48 Å². The standard InChI is InChI=1S/C20H18F3N5O3/c1-28-10-12(9-24-28)18-25-15(11-2-4-13(5-3-11)31-20(21,22)23)8-16(26-18)19(30)27-14-6-7-17(14)29/h2-5,8-10,14,17,29H,6-7H2,1H3,(H,27,30)/t14-,17+/m1/s1. The van der Waals surface area contributed by atoms with E-state index in [0.29, 0.717) is 29.7 Å². The van der Waals surface area contributed by atoms with E-state index in [1.165, 1.54) is 36.5 Å². The molecule has 1 aromatic carbocycles. The van der Waals surface area contributed by atoms with Gasteiger partial charge in [0.1, 0.15) is 11.4 Å². The number of carbonyl (C=O) groups excluding carboxylic acids is 1. The first-order valence-corrected chi connectivity index (χ1v) is 9.41. The minimum atomic E-state index is -4.79. The number of rotatable bonds is 5. The van der Waals surface area contributed by atoms with Gasteiger partial charge < -0.3 is 15.2 Å². The molecule has 0 spiro atoms. The Morgan fingerprint density at radius 3 is 2.48 bits per heavy atom. The number of ether oxygens (including phenoxy) is 1. The van der Waals surface area contributed by atoms with Gasteiger partial charge in [0.05, 0.1) is 29.6 Å². The van der Waals surface area contributed by atoms with Crippen molar-refractivity contribution in [2.75, 3.05) is 0 Å². The molecule has 8 nitrogen and oxygen atoms in total. The molecule has 1 aliphatic rings. The first-order chi connectivity index (χ1) is 14.7. The second-order valence-corrected chi connectivity index (χ2v) is 7.16. The van der Waals surface area contributed by atoms with E-state index in [-0.39, 0.29) is 23.3 Å². The van der Waals surface area contributed by atoms with Gasteiger partial charge in [-0.25, -0.2) is 9.97 Å². The summed E-state index contributed by atoms with van der Waals surface area (Å²) in [6.45, 7) is 0. The Balaban J connectivity index is 1.68. The average molecular weight is 433 g/mol. The number of hydrogen-bond donors (Lipinski definition) is 2. The Morgan fingerprint density at radius 1 is 1.19 bits per heavy atom. The largest absolute Gasteiger partial charge is 0.573 e. The predicted molar refractivity (Wildman–Crippen MR) is 103 cm³/mol. The number of alkyl halides is 3. The third-order valence-corrected chi connectivity index (χ3v) is 4.86. The summed E-state index contributed by atoms with van der Waals surface area (Å²) in [6, 6.07) is 6.26. The van der Waals surface area contributed by atoms with Gasteiger partial charge in [0, 0.05) is 18.8 Å². The fourth-order valence-electron chi connectivity index (χ4n) is 3.10. The summed E-state index contributed by atoms with van der Waals surface area (Å²) in [5.41, 5.74) is 1.45. The first-order valence-electron chi connectivity index (χ1n) is 9.41. The minimum Gasteiger partial charge on any atom is -0.406 e. The van der Waals surface area contributed by atoms with Crippen molar-refractivity contribution < 1.29 is 27.8 Å². The van der Waals surface area contributed by atoms with Gasteiger partial charge in [0.2, 0.25) is 0 Å². The highest BCUT2D eigenvalue weighted by Crippen LogP contribution is 2.27. The van der Waals surface area contributed by atoms with Crippen LogP contribution in [0.3, 0.4) is 0 Å². The average Bonchev–Trinajstić information content (AvgIpc) is 3.16.